The van der Waals surface area contributed by atoms with Gasteiger partial charge in [-0.2, -0.15) is 0 Å². The lowest BCUT2D eigenvalue weighted by atomic mass is 9.99. The molecule has 0 aliphatic heterocycles. The number of aliphatic carboxylic acids is 1. The Balaban J connectivity index is 0.00000139. The molecule has 5 nitrogen and oxygen atoms in total. The quantitative estimate of drug-likeness (QED) is 0.677. The van der Waals surface area contributed by atoms with Crippen molar-refractivity contribution in [3.05, 3.63) is 41.5 Å². The highest BCUT2D eigenvalue weighted by Gasteiger charge is 2.23. The van der Waals surface area contributed by atoms with E-state index < -0.39 is 5.97 Å². The Bertz CT molecular complexity index is 570. The number of hydrogen-bond donors (Lipinski definition) is 3. The normalized spacial score (nSPS) is 16.3. The van der Waals surface area contributed by atoms with Crippen LogP contribution in [0.4, 0.5) is 5.69 Å². The van der Waals surface area contributed by atoms with Gasteiger partial charge in [0.2, 0.25) is 5.91 Å². The first-order valence-corrected chi connectivity index (χ1v) is 9.12. The number of nitrogens with one attached hydrogen (secondary N) is 2. The fourth-order valence-corrected chi connectivity index (χ4v) is 3.27. The van der Waals surface area contributed by atoms with Crippen LogP contribution in [0.15, 0.2) is 35.9 Å². The maximum atomic E-state index is 11.2. The molecular formula is C18H26N2O3S. The van der Waals surface area contributed by atoms with Crippen molar-refractivity contribution in [3.63, 3.8) is 0 Å². The maximum Gasteiger partial charge on any atom is 0.332 e. The van der Waals surface area contributed by atoms with Crippen molar-refractivity contribution in [1.82, 2.24) is 5.32 Å². The van der Waals surface area contributed by atoms with Crippen LogP contribution in [0.5, 0.6) is 0 Å². The van der Waals surface area contributed by atoms with Gasteiger partial charge in [0.1, 0.15) is 0 Å². The summed E-state index contributed by atoms with van der Waals surface area (Å²) >= 11 is 1.44. The van der Waals surface area contributed by atoms with E-state index in [-0.39, 0.29) is 11.2 Å². The predicted molar refractivity (Wildman–Crippen MR) is 99.9 cm³/mol. The zero-order valence-corrected chi connectivity index (χ0v) is 15.3. The molecule has 0 aromatic heterocycles. The van der Waals surface area contributed by atoms with E-state index in [4.69, 9.17) is 0 Å². The Hall–Kier alpha value is -1.95. The molecule has 1 aliphatic rings. The van der Waals surface area contributed by atoms with Crippen molar-refractivity contribution in [2.24, 2.45) is 0 Å². The van der Waals surface area contributed by atoms with Crippen LogP contribution in [0.2, 0.25) is 0 Å². The second-order valence-corrected chi connectivity index (χ2v) is 6.22. The van der Waals surface area contributed by atoms with Crippen LogP contribution in [0.1, 0.15) is 45.6 Å². The smallest absolute Gasteiger partial charge is 0.332 e. The molecule has 1 amide bonds. The molecule has 0 bridgehead atoms. The summed E-state index contributed by atoms with van der Waals surface area (Å²) in [6.45, 7) is 6.00. The summed E-state index contributed by atoms with van der Waals surface area (Å²) in [6, 6.07) is 7.73. The second kappa shape index (κ2) is 10.8. The Morgan fingerprint density at radius 2 is 1.92 bits per heavy atom. The molecule has 0 radical (unpaired) electrons. The third-order valence-corrected chi connectivity index (χ3v) is 4.57. The lowest BCUT2D eigenvalue weighted by Crippen LogP contribution is -2.19. The van der Waals surface area contributed by atoms with Gasteiger partial charge < -0.3 is 15.1 Å². The third-order valence-electron chi connectivity index (χ3n) is 3.44. The van der Waals surface area contributed by atoms with E-state index in [1.807, 2.05) is 44.2 Å². The van der Waals surface area contributed by atoms with E-state index in [0.29, 0.717) is 12.1 Å². The minimum absolute atomic E-state index is 0.0229. The van der Waals surface area contributed by atoms with Crippen molar-refractivity contribution >= 4 is 29.5 Å². The van der Waals surface area contributed by atoms with Crippen molar-refractivity contribution in [1.29, 1.82) is 0 Å². The lowest BCUT2D eigenvalue weighted by Gasteiger charge is -2.21. The van der Waals surface area contributed by atoms with Crippen LogP contribution in [-0.4, -0.2) is 22.2 Å². The van der Waals surface area contributed by atoms with Gasteiger partial charge in [-0.25, -0.2) is 4.79 Å². The van der Waals surface area contributed by atoms with E-state index in [1.54, 1.807) is 0 Å². The fourth-order valence-electron chi connectivity index (χ4n) is 2.25. The number of allylic oxidation sites excluding steroid dienone is 1. The van der Waals surface area contributed by atoms with E-state index in [1.165, 1.54) is 18.9 Å². The number of rotatable bonds is 6. The number of amides is 1. The van der Waals surface area contributed by atoms with Gasteiger partial charge in [-0.15, -0.1) is 0 Å². The number of carboxylic acid groups (broad SMARTS) is 1. The van der Waals surface area contributed by atoms with Gasteiger partial charge in [0.25, 0.3) is 0 Å². The Morgan fingerprint density at radius 1 is 1.25 bits per heavy atom. The molecule has 1 aliphatic carbocycles. The zero-order chi connectivity index (χ0) is 17.9. The summed E-state index contributed by atoms with van der Waals surface area (Å²) in [4.78, 5) is 22.1. The van der Waals surface area contributed by atoms with Gasteiger partial charge in [0.15, 0.2) is 0 Å². The van der Waals surface area contributed by atoms with Crippen LogP contribution in [-0.2, 0) is 16.1 Å². The van der Waals surface area contributed by atoms with Crippen LogP contribution >= 0.6 is 11.9 Å². The molecule has 1 aromatic rings. The number of carbonyl (C=O) groups is 2. The first kappa shape index (κ1) is 20.1. The topological polar surface area (TPSA) is 78.4 Å². The van der Waals surface area contributed by atoms with Crippen LogP contribution < -0.4 is 10.0 Å². The molecule has 0 heterocycles. The summed E-state index contributed by atoms with van der Waals surface area (Å²) in [6.07, 6.45) is 4.56. The second-order valence-electron chi connectivity index (χ2n) is 5.21. The molecule has 3 N–H and O–H groups in total. The maximum absolute atomic E-state index is 11.2. The average Bonchev–Trinajstić information content (AvgIpc) is 2.61. The molecule has 24 heavy (non-hydrogen) atoms. The monoisotopic (exact) mass is 350 g/mol. The third kappa shape index (κ3) is 6.66. The van der Waals surface area contributed by atoms with Crippen LogP contribution in [0.25, 0.3) is 0 Å². The fraction of sp³-hybridized carbons (Fsp3) is 0.444. The first-order chi connectivity index (χ1) is 11.6. The van der Waals surface area contributed by atoms with Gasteiger partial charge in [0, 0.05) is 24.7 Å². The molecule has 6 heteroatoms. The van der Waals surface area contributed by atoms with Crippen molar-refractivity contribution in [3.8, 4) is 0 Å². The molecule has 1 unspecified atom stereocenters. The Kier molecular flexibility index (Phi) is 9.01. The van der Waals surface area contributed by atoms with Gasteiger partial charge in [0.05, 0.1) is 5.25 Å². The summed E-state index contributed by atoms with van der Waals surface area (Å²) in [5.74, 6) is -0.882. The number of benzene rings is 1. The number of hydrogen-bond acceptors (Lipinski definition) is 4. The van der Waals surface area contributed by atoms with E-state index in [2.05, 4.69) is 10.0 Å². The molecule has 1 atom stereocenters. The molecule has 0 saturated carbocycles. The van der Waals surface area contributed by atoms with E-state index in [9.17, 15) is 14.7 Å². The SMILES string of the molecule is CC.CC(=O)NCc1ccc(NSC2CCCC=C2C(=O)O)cc1. The highest BCUT2D eigenvalue weighted by atomic mass is 32.2. The van der Waals surface area contributed by atoms with Crippen LogP contribution in [0, 0.1) is 0 Å². The predicted octanol–water partition coefficient (Wildman–Crippen LogP) is 3.97. The van der Waals surface area contributed by atoms with E-state index >= 15 is 0 Å². The molecule has 0 spiro atoms. The molecule has 1 aromatic carbocycles. The summed E-state index contributed by atoms with van der Waals surface area (Å²) < 4.78 is 3.22. The van der Waals surface area contributed by atoms with Crippen LogP contribution in [0.3, 0.4) is 0 Å². The summed E-state index contributed by atoms with van der Waals surface area (Å²) in [5.41, 5.74) is 2.44. The number of carbonyl (C=O) groups excluding carboxylic acids is 1. The average molecular weight is 350 g/mol. The first-order valence-electron chi connectivity index (χ1n) is 8.24. The molecule has 2 rings (SSSR count). The minimum Gasteiger partial charge on any atom is -0.478 e. The molecule has 132 valence electrons. The van der Waals surface area contributed by atoms with Gasteiger partial charge in [-0.1, -0.05) is 32.1 Å². The Morgan fingerprint density at radius 3 is 2.50 bits per heavy atom. The lowest BCUT2D eigenvalue weighted by molar-refractivity contribution is -0.132. The van der Waals surface area contributed by atoms with Crippen molar-refractivity contribution in [2.75, 3.05) is 4.72 Å². The number of anilines is 1. The highest BCUT2D eigenvalue weighted by molar-refractivity contribution is 8.01. The van der Waals surface area contributed by atoms with Gasteiger partial charge in [-0.3, -0.25) is 4.79 Å². The Labute approximate surface area is 148 Å². The summed E-state index contributed by atoms with van der Waals surface area (Å²) in [5, 5.41) is 11.9. The van der Waals surface area contributed by atoms with Gasteiger partial charge >= 0.3 is 5.97 Å². The molecule has 0 saturated heterocycles. The minimum atomic E-state index is -0.829. The standard InChI is InChI=1S/C16H20N2O3S.C2H6/c1-11(19)17-10-12-6-8-13(9-7-12)18-22-15-5-3-2-4-14(15)16(20)21;1-2/h4,6-9,15,18H,2-3,5,10H2,1H3,(H,17,19)(H,20,21);1-2H3. The van der Waals surface area contributed by atoms with Gasteiger partial charge in [-0.05, 0) is 48.9 Å². The van der Waals surface area contributed by atoms with Crippen molar-refractivity contribution < 1.29 is 14.7 Å². The molecular weight excluding hydrogens is 324 g/mol. The van der Waals surface area contributed by atoms with E-state index in [0.717, 1.165) is 30.5 Å². The summed E-state index contributed by atoms with van der Waals surface area (Å²) in [7, 11) is 0. The van der Waals surface area contributed by atoms with Crippen molar-refractivity contribution in [2.45, 2.75) is 51.8 Å². The number of carboxylic acids is 1. The largest absolute Gasteiger partial charge is 0.478 e. The highest BCUT2D eigenvalue weighted by Crippen LogP contribution is 2.30. The molecule has 0 fully saturated rings. The zero-order valence-electron chi connectivity index (χ0n) is 14.5.